The average Bonchev–Trinajstić information content (AvgIpc) is 3.20. The van der Waals surface area contributed by atoms with Crippen LogP contribution in [0.15, 0.2) is 24.4 Å². The van der Waals surface area contributed by atoms with Crippen LogP contribution in [-0.4, -0.2) is 4.98 Å². The third-order valence-corrected chi connectivity index (χ3v) is 5.64. The van der Waals surface area contributed by atoms with Gasteiger partial charge in [0, 0.05) is 11.9 Å². The van der Waals surface area contributed by atoms with Crippen LogP contribution in [0, 0.1) is 0 Å². The minimum atomic E-state index is 1.22. The Hall–Kier alpha value is -0.980. The van der Waals surface area contributed by atoms with Crippen molar-refractivity contribution in [1.29, 1.82) is 0 Å². The zero-order valence-electron chi connectivity index (χ0n) is 18.3. The van der Waals surface area contributed by atoms with Gasteiger partial charge in [0.1, 0.15) is 0 Å². The molecule has 0 saturated carbocycles. The second-order valence-corrected chi connectivity index (χ2v) is 8.33. The van der Waals surface area contributed by atoms with Gasteiger partial charge in [0.15, 0.2) is 0 Å². The monoisotopic (exact) mass is 373 g/mol. The molecule has 0 atom stereocenters. The Balaban J connectivity index is 1.67. The molecule has 0 saturated heterocycles. The maximum Gasteiger partial charge on any atom is 0.0377 e. The molecule has 0 spiro atoms. The first kappa shape index (κ1) is 24.1. The summed E-state index contributed by atoms with van der Waals surface area (Å²) >= 11 is 0. The van der Waals surface area contributed by atoms with Crippen molar-refractivity contribution >= 4 is 6.08 Å². The summed E-state index contributed by atoms with van der Waals surface area (Å²) in [6.45, 7) is 2.30. The van der Waals surface area contributed by atoms with E-state index >= 15 is 0 Å². The third kappa shape index (κ3) is 16.9. The van der Waals surface area contributed by atoms with Crippen LogP contribution in [0.25, 0.3) is 6.08 Å². The molecule has 1 heterocycles. The topological polar surface area (TPSA) is 15.8 Å². The van der Waals surface area contributed by atoms with Crippen LogP contribution in [0.1, 0.15) is 135 Å². The molecule has 0 amide bonds. The number of nitrogens with one attached hydrogen (secondary N) is 1. The highest BCUT2D eigenvalue weighted by Gasteiger charge is 1.95. The molecule has 27 heavy (non-hydrogen) atoms. The van der Waals surface area contributed by atoms with E-state index in [1.54, 1.807) is 0 Å². The zero-order chi connectivity index (χ0) is 19.3. The predicted molar refractivity (Wildman–Crippen MR) is 123 cm³/mol. The Labute approximate surface area is 170 Å². The zero-order valence-corrected chi connectivity index (χ0v) is 18.3. The van der Waals surface area contributed by atoms with E-state index in [1.807, 2.05) is 6.20 Å². The molecule has 0 aromatic carbocycles. The summed E-state index contributed by atoms with van der Waals surface area (Å²) in [6.07, 6.45) is 33.8. The quantitative estimate of drug-likeness (QED) is 0.219. The van der Waals surface area contributed by atoms with Gasteiger partial charge in [0.05, 0.1) is 0 Å². The molecule has 0 aliphatic rings. The summed E-state index contributed by atoms with van der Waals surface area (Å²) in [7, 11) is 0. The first-order valence-electron chi connectivity index (χ1n) is 12.2. The highest BCUT2D eigenvalue weighted by molar-refractivity contribution is 5.43. The Morgan fingerprint density at radius 1 is 0.630 bits per heavy atom. The Kier molecular flexibility index (Phi) is 17.6. The first-order valence-corrected chi connectivity index (χ1v) is 12.2. The average molecular weight is 374 g/mol. The van der Waals surface area contributed by atoms with Crippen LogP contribution in [-0.2, 0) is 0 Å². The number of aromatic nitrogens is 1. The standard InChI is InChI=1S/C26H47N/c1-2-3-4-5-6-7-8-9-10-11-12-13-14-15-16-17-18-19-20-21-23-26-24-22-25-27-26/h21-25,27H,2-20H2,1H3. The van der Waals surface area contributed by atoms with Crippen molar-refractivity contribution in [2.75, 3.05) is 0 Å². The van der Waals surface area contributed by atoms with E-state index in [1.165, 1.54) is 128 Å². The molecule has 1 nitrogen and oxygen atoms in total. The molecule has 0 aliphatic heterocycles. The fraction of sp³-hybridized carbons (Fsp3) is 0.769. The number of unbranched alkanes of at least 4 members (excludes halogenated alkanes) is 18. The van der Waals surface area contributed by atoms with Crippen LogP contribution in [0.5, 0.6) is 0 Å². The molecule has 1 aromatic rings. The maximum absolute atomic E-state index is 3.21. The van der Waals surface area contributed by atoms with Crippen molar-refractivity contribution in [2.45, 2.75) is 129 Å². The summed E-state index contributed by atoms with van der Waals surface area (Å²) in [4.78, 5) is 3.21. The molecule has 1 heteroatoms. The van der Waals surface area contributed by atoms with E-state index in [9.17, 15) is 0 Å². The van der Waals surface area contributed by atoms with Crippen LogP contribution >= 0.6 is 0 Å². The highest BCUT2D eigenvalue weighted by Crippen LogP contribution is 2.14. The number of hydrogen-bond acceptors (Lipinski definition) is 0. The maximum atomic E-state index is 3.21. The first-order chi connectivity index (χ1) is 13.4. The second-order valence-electron chi connectivity index (χ2n) is 8.33. The van der Waals surface area contributed by atoms with E-state index in [-0.39, 0.29) is 0 Å². The Bertz CT molecular complexity index is 404. The van der Waals surface area contributed by atoms with Gasteiger partial charge >= 0.3 is 0 Å². The van der Waals surface area contributed by atoms with E-state index in [0.717, 1.165) is 0 Å². The molecule has 1 rings (SSSR count). The SMILES string of the molecule is CCCCCCCCCCCCCCCCCCCCC=Cc1ccc[nH]1. The van der Waals surface area contributed by atoms with Gasteiger partial charge in [-0.05, 0) is 31.1 Å². The number of aromatic amines is 1. The van der Waals surface area contributed by atoms with E-state index < -0.39 is 0 Å². The largest absolute Gasteiger partial charge is 0.362 e. The fourth-order valence-corrected chi connectivity index (χ4v) is 3.82. The van der Waals surface area contributed by atoms with Crippen molar-refractivity contribution in [3.63, 3.8) is 0 Å². The third-order valence-electron chi connectivity index (χ3n) is 5.64. The van der Waals surface area contributed by atoms with E-state index in [4.69, 9.17) is 0 Å². The van der Waals surface area contributed by atoms with Gasteiger partial charge in [0.2, 0.25) is 0 Å². The normalized spacial score (nSPS) is 11.6. The fourth-order valence-electron chi connectivity index (χ4n) is 3.82. The number of hydrogen-bond donors (Lipinski definition) is 1. The van der Waals surface area contributed by atoms with Gasteiger partial charge in [-0.3, -0.25) is 0 Å². The van der Waals surface area contributed by atoms with Gasteiger partial charge in [-0.25, -0.2) is 0 Å². The van der Waals surface area contributed by atoms with Gasteiger partial charge in [0.25, 0.3) is 0 Å². The molecule has 0 fully saturated rings. The molecule has 156 valence electrons. The van der Waals surface area contributed by atoms with E-state index in [2.05, 4.69) is 36.2 Å². The Morgan fingerprint density at radius 2 is 1.07 bits per heavy atom. The van der Waals surface area contributed by atoms with Crippen molar-refractivity contribution in [1.82, 2.24) is 4.98 Å². The van der Waals surface area contributed by atoms with Gasteiger partial charge in [-0.1, -0.05) is 122 Å². The molecular weight excluding hydrogens is 326 g/mol. The summed E-state index contributed by atoms with van der Waals surface area (Å²) < 4.78 is 0. The van der Waals surface area contributed by atoms with E-state index in [0.29, 0.717) is 0 Å². The highest BCUT2D eigenvalue weighted by atomic mass is 14.7. The second kappa shape index (κ2) is 19.8. The van der Waals surface area contributed by atoms with Crippen LogP contribution in [0.3, 0.4) is 0 Å². The lowest BCUT2D eigenvalue weighted by Crippen LogP contribution is -1.84. The minimum Gasteiger partial charge on any atom is -0.362 e. The van der Waals surface area contributed by atoms with Crippen LogP contribution < -0.4 is 0 Å². The number of H-pyrrole nitrogens is 1. The smallest absolute Gasteiger partial charge is 0.0377 e. The molecular formula is C26H47N. The van der Waals surface area contributed by atoms with Crippen LogP contribution in [0.2, 0.25) is 0 Å². The molecule has 1 aromatic heterocycles. The Morgan fingerprint density at radius 3 is 1.48 bits per heavy atom. The summed E-state index contributed by atoms with van der Waals surface area (Å²) in [5.41, 5.74) is 1.22. The van der Waals surface area contributed by atoms with Gasteiger partial charge in [-0.2, -0.15) is 0 Å². The summed E-state index contributed by atoms with van der Waals surface area (Å²) in [5, 5.41) is 0. The molecule has 0 radical (unpaired) electrons. The van der Waals surface area contributed by atoms with Crippen LogP contribution in [0.4, 0.5) is 0 Å². The predicted octanol–water partition coefficient (Wildman–Crippen LogP) is 9.46. The number of allylic oxidation sites excluding steroid dienone is 1. The molecule has 0 unspecified atom stereocenters. The number of rotatable bonds is 20. The molecule has 0 aliphatic carbocycles. The van der Waals surface area contributed by atoms with Gasteiger partial charge < -0.3 is 4.98 Å². The molecule has 1 N–H and O–H groups in total. The lowest BCUT2D eigenvalue weighted by atomic mass is 10.0. The van der Waals surface area contributed by atoms with Crippen molar-refractivity contribution in [3.8, 4) is 0 Å². The lowest BCUT2D eigenvalue weighted by Gasteiger charge is -2.03. The van der Waals surface area contributed by atoms with Crippen molar-refractivity contribution in [3.05, 3.63) is 30.1 Å². The summed E-state index contributed by atoms with van der Waals surface area (Å²) in [5.74, 6) is 0. The summed E-state index contributed by atoms with van der Waals surface area (Å²) in [6, 6.07) is 4.17. The lowest BCUT2D eigenvalue weighted by molar-refractivity contribution is 0.525. The van der Waals surface area contributed by atoms with Gasteiger partial charge in [-0.15, -0.1) is 0 Å². The van der Waals surface area contributed by atoms with Crippen molar-refractivity contribution < 1.29 is 0 Å². The molecule has 0 bridgehead atoms. The minimum absolute atomic E-state index is 1.22. The van der Waals surface area contributed by atoms with Crippen molar-refractivity contribution in [2.24, 2.45) is 0 Å².